The molecule has 4 rings (SSSR count). The number of aromatic nitrogens is 1. The normalized spacial score (nSPS) is 15.2. The van der Waals surface area contributed by atoms with Crippen molar-refractivity contribution in [3.05, 3.63) is 47.1 Å². The second-order valence-corrected chi connectivity index (χ2v) is 6.87. The second-order valence-electron chi connectivity index (χ2n) is 5.49. The molecule has 3 aromatic rings. The molecule has 1 saturated heterocycles. The molecule has 0 atom stereocenters. The molecule has 0 saturated carbocycles. The first kappa shape index (κ1) is 15.4. The maximum absolute atomic E-state index is 13.3. The van der Waals surface area contributed by atoms with E-state index in [1.54, 1.807) is 23.1 Å². The van der Waals surface area contributed by atoms with Crippen LogP contribution in [0.25, 0.3) is 10.2 Å². The summed E-state index contributed by atoms with van der Waals surface area (Å²) in [5.74, 6) is -0.165. The van der Waals surface area contributed by atoms with Crippen molar-refractivity contribution in [3.63, 3.8) is 0 Å². The molecule has 1 fully saturated rings. The molecule has 0 N–H and O–H groups in total. The number of benzene rings is 1. The third kappa shape index (κ3) is 2.85. The number of furan rings is 1. The van der Waals surface area contributed by atoms with E-state index in [4.69, 9.17) is 16.0 Å². The Morgan fingerprint density at radius 1 is 1.21 bits per heavy atom. The van der Waals surface area contributed by atoms with Gasteiger partial charge in [0.15, 0.2) is 16.1 Å². The summed E-state index contributed by atoms with van der Waals surface area (Å²) in [6.07, 6.45) is 0. The van der Waals surface area contributed by atoms with Crippen LogP contribution < -0.4 is 4.90 Å². The number of hydrogen-bond donors (Lipinski definition) is 0. The molecule has 0 spiro atoms. The lowest BCUT2D eigenvalue weighted by molar-refractivity contribution is 0.0715. The maximum atomic E-state index is 13.3. The zero-order valence-electron chi connectivity index (χ0n) is 12.5. The van der Waals surface area contributed by atoms with Gasteiger partial charge in [0, 0.05) is 26.2 Å². The number of piperazine rings is 1. The SMILES string of the molecule is O=C(c1ccc(Cl)o1)N1CCN(c2nc3ccc(F)cc3s2)CC1. The van der Waals surface area contributed by atoms with Gasteiger partial charge in [-0.05, 0) is 41.9 Å². The molecular formula is C16H13ClFN3O2S. The van der Waals surface area contributed by atoms with Crippen LogP contribution in [-0.2, 0) is 0 Å². The van der Waals surface area contributed by atoms with Gasteiger partial charge in [-0.15, -0.1) is 0 Å². The summed E-state index contributed by atoms with van der Waals surface area (Å²) in [5.41, 5.74) is 0.792. The third-order valence-electron chi connectivity index (χ3n) is 3.96. The molecule has 0 radical (unpaired) electrons. The lowest BCUT2D eigenvalue weighted by atomic mass is 10.3. The summed E-state index contributed by atoms with van der Waals surface area (Å²) in [5, 5.41) is 1.06. The zero-order valence-corrected chi connectivity index (χ0v) is 14.1. The van der Waals surface area contributed by atoms with Crippen LogP contribution in [0.5, 0.6) is 0 Å². The van der Waals surface area contributed by atoms with Crippen molar-refractivity contribution in [3.8, 4) is 0 Å². The molecule has 0 unspecified atom stereocenters. The molecular weight excluding hydrogens is 353 g/mol. The van der Waals surface area contributed by atoms with Crippen molar-refractivity contribution in [1.29, 1.82) is 0 Å². The van der Waals surface area contributed by atoms with Gasteiger partial charge in [0.05, 0.1) is 10.2 Å². The fourth-order valence-corrected chi connectivity index (χ4v) is 3.90. The predicted octanol–water partition coefficient (Wildman–Crippen LogP) is 3.64. The standard InChI is InChI=1S/C16H13ClFN3O2S/c17-14-4-3-12(23-14)15(22)20-5-7-21(8-6-20)16-19-11-2-1-10(18)9-13(11)24-16/h1-4,9H,5-8H2. The number of fused-ring (bicyclic) bond motifs is 1. The topological polar surface area (TPSA) is 49.6 Å². The van der Waals surface area contributed by atoms with E-state index in [0.717, 1.165) is 15.3 Å². The maximum Gasteiger partial charge on any atom is 0.289 e. The minimum Gasteiger partial charge on any atom is -0.440 e. The van der Waals surface area contributed by atoms with Gasteiger partial charge >= 0.3 is 0 Å². The number of halogens is 2. The van der Waals surface area contributed by atoms with E-state index in [2.05, 4.69) is 9.88 Å². The minimum atomic E-state index is -0.259. The van der Waals surface area contributed by atoms with Crippen LogP contribution >= 0.6 is 22.9 Å². The monoisotopic (exact) mass is 365 g/mol. The van der Waals surface area contributed by atoms with Crippen molar-refractivity contribution in [2.24, 2.45) is 0 Å². The van der Waals surface area contributed by atoms with Crippen LogP contribution in [0.3, 0.4) is 0 Å². The number of anilines is 1. The largest absolute Gasteiger partial charge is 0.440 e. The molecule has 124 valence electrons. The van der Waals surface area contributed by atoms with Crippen molar-refractivity contribution >= 4 is 44.2 Å². The van der Waals surface area contributed by atoms with Gasteiger partial charge in [-0.1, -0.05) is 11.3 Å². The van der Waals surface area contributed by atoms with Crippen LogP contribution in [0.1, 0.15) is 10.6 Å². The molecule has 1 aliphatic heterocycles. The third-order valence-corrected chi connectivity index (χ3v) is 5.24. The predicted molar refractivity (Wildman–Crippen MR) is 91.4 cm³/mol. The van der Waals surface area contributed by atoms with Crippen molar-refractivity contribution in [2.75, 3.05) is 31.1 Å². The van der Waals surface area contributed by atoms with Crippen LogP contribution in [0, 0.1) is 5.82 Å². The minimum absolute atomic E-state index is 0.159. The van der Waals surface area contributed by atoms with E-state index in [1.165, 1.54) is 23.5 Å². The van der Waals surface area contributed by atoms with E-state index in [-0.39, 0.29) is 22.7 Å². The molecule has 0 aliphatic carbocycles. The van der Waals surface area contributed by atoms with Gasteiger partial charge in [0.1, 0.15) is 5.82 Å². The summed E-state index contributed by atoms with van der Waals surface area (Å²) in [7, 11) is 0. The van der Waals surface area contributed by atoms with Crippen molar-refractivity contribution < 1.29 is 13.6 Å². The van der Waals surface area contributed by atoms with Crippen molar-refractivity contribution in [2.45, 2.75) is 0 Å². The molecule has 1 aromatic carbocycles. The highest BCUT2D eigenvalue weighted by Crippen LogP contribution is 2.30. The molecule has 24 heavy (non-hydrogen) atoms. The van der Waals surface area contributed by atoms with Crippen LogP contribution in [-0.4, -0.2) is 42.0 Å². The Kier molecular flexibility index (Phi) is 3.90. The first-order valence-corrected chi connectivity index (χ1v) is 8.65. The second kappa shape index (κ2) is 6.07. The highest BCUT2D eigenvalue weighted by atomic mass is 35.5. The average molecular weight is 366 g/mol. The summed E-state index contributed by atoms with van der Waals surface area (Å²) in [6, 6.07) is 7.74. The van der Waals surface area contributed by atoms with Gasteiger partial charge in [0.25, 0.3) is 5.91 Å². The fourth-order valence-electron chi connectivity index (χ4n) is 2.71. The number of hydrogen-bond acceptors (Lipinski definition) is 5. The average Bonchev–Trinajstić information content (AvgIpc) is 3.20. The molecule has 0 bridgehead atoms. The van der Waals surface area contributed by atoms with E-state index in [9.17, 15) is 9.18 Å². The van der Waals surface area contributed by atoms with E-state index in [0.29, 0.717) is 26.2 Å². The molecule has 1 aliphatic rings. The van der Waals surface area contributed by atoms with Gasteiger partial charge in [0.2, 0.25) is 0 Å². The smallest absolute Gasteiger partial charge is 0.289 e. The van der Waals surface area contributed by atoms with E-state index < -0.39 is 0 Å². The number of nitrogens with zero attached hydrogens (tertiary/aromatic N) is 3. The van der Waals surface area contributed by atoms with E-state index >= 15 is 0 Å². The van der Waals surface area contributed by atoms with Gasteiger partial charge in [-0.3, -0.25) is 4.79 Å². The Labute approximate surface area is 146 Å². The number of rotatable bonds is 2. The molecule has 3 heterocycles. The lowest BCUT2D eigenvalue weighted by Crippen LogP contribution is -2.48. The quantitative estimate of drug-likeness (QED) is 0.695. The number of carbonyl (C=O) groups excluding carboxylic acids is 1. The first-order chi connectivity index (χ1) is 11.6. The summed E-state index contributed by atoms with van der Waals surface area (Å²) in [6.45, 7) is 2.48. The molecule has 1 amide bonds. The number of thiazole rings is 1. The summed E-state index contributed by atoms with van der Waals surface area (Å²) < 4.78 is 19.3. The molecule has 8 heteroatoms. The Balaban J connectivity index is 1.46. The van der Waals surface area contributed by atoms with Crippen LogP contribution in [0.15, 0.2) is 34.7 Å². The van der Waals surface area contributed by atoms with E-state index in [1.807, 2.05) is 0 Å². The van der Waals surface area contributed by atoms with Gasteiger partial charge in [-0.25, -0.2) is 9.37 Å². The summed E-state index contributed by atoms with van der Waals surface area (Å²) >= 11 is 7.18. The Morgan fingerprint density at radius 2 is 2.00 bits per heavy atom. The molecule has 5 nitrogen and oxygen atoms in total. The van der Waals surface area contributed by atoms with Gasteiger partial charge in [-0.2, -0.15) is 0 Å². The number of amides is 1. The Morgan fingerprint density at radius 3 is 2.71 bits per heavy atom. The van der Waals surface area contributed by atoms with Crippen LogP contribution in [0.4, 0.5) is 9.52 Å². The highest BCUT2D eigenvalue weighted by Gasteiger charge is 2.25. The van der Waals surface area contributed by atoms with Crippen LogP contribution in [0.2, 0.25) is 5.22 Å². The fraction of sp³-hybridized carbons (Fsp3) is 0.250. The highest BCUT2D eigenvalue weighted by molar-refractivity contribution is 7.22. The summed E-state index contributed by atoms with van der Waals surface area (Å²) in [4.78, 5) is 20.7. The lowest BCUT2D eigenvalue weighted by Gasteiger charge is -2.34. The number of carbonyl (C=O) groups is 1. The molecule has 2 aromatic heterocycles. The Hall–Kier alpha value is -2.12. The zero-order chi connectivity index (χ0) is 16.7. The van der Waals surface area contributed by atoms with Crippen molar-refractivity contribution in [1.82, 2.24) is 9.88 Å². The Bertz CT molecular complexity index is 902. The first-order valence-electron chi connectivity index (χ1n) is 7.46. The van der Waals surface area contributed by atoms with Gasteiger partial charge < -0.3 is 14.2 Å².